The number of nitrogens with zero attached hydrogens (tertiary/aromatic N) is 2. The third-order valence-corrected chi connectivity index (χ3v) is 4.19. The Morgan fingerprint density at radius 1 is 1.15 bits per heavy atom. The Morgan fingerprint density at radius 2 is 1.85 bits per heavy atom. The van der Waals surface area contributed by atoms with Crippen LogP contribution in [0.2, 0.25) is 0 Å². The van der Waals surface area contributed by atoms with Crippen LogP contribution >= 0.6 is 0 Å². The zero-order valence-electron chi connectivity index (χ0n) is 14.6. The first-order valence-electron chi connectivity index (χ1n) is 8.43. The number of nitro benzene ring substituents is 1. The van der Waals surface area contributed by atoms with Crippen LogP contribution in [0.3, 0.4) is 0 Å². The molecule has 142 valence electrons. The van der Waals surface area contributed by atoms with Crippen LogP contribution in [0.5, 0.6) is 0 Å². The molecule has 3 rings (SSSR count). The Kier molecular flexibility index (Phi) is 5.19. The topological polar surface area (TPSA) is 141 Å². The number of nitrogens with one attached hydrogen (secondary N) is 2. The maximum absolute atomic E-state index is 11.6. The van der Waals surface area contributed by atoms with Gasteiger partial charge in [0.05, 0.1) is 34.4 Å². The molecule has 0 aliphatic carbocycles. The van der Waals surface area contributed by atoms with Crippen molar-refractivity contribution < 1.29 is 20.2 Å². The molecule has 0 fully saturated rings. The average molecular weight is 372 g/mol. The summed E-state index contributed by atoms with van der Waals surface area (Å²) in [6.45, 7) is 1.35. The van der Waals surface area contributed by atoms with Crippen molar-refractivity contribution in [3.63, 3.8) is 0 Å². The second-order valence-electron chi connectivity index (χ2n) is 6.19. The molecule has 0 spiro atoms. The van der Waals surface area contributed by atoms with Gasteiger partial charge in [-0.1, -0.05) is 31.2 Å². The summed E-state index contributed by atoms with van der Waals surface area (Å²) in [7, 11) is 0. The van der Waals surface area contributed by atoms with Crippen molar-refractivity contribution in [3.8, 4) is 0 Å². The molecule has 9 heteroatoms. The van der Waals surface area contributed by atoms with Crippen LogP contribution in [0.15, 0.2) is 42.5 Å². The number of fused-ring (bicyclic) bond motifs is 2. The number of pyridine rings is 1. The predicted molar refractivity (Wildman–Crippen MR) is 101 cm³/mol. The summed E-state index contributed by atoms with van der Waals surface area (Å²) < 4.78 is 0. The molecule has 2 aromatic carbocycles. The summed E-state index contributed by atoms with van der Waals surface area (Å²) in [6.07, 6.45) is 0.0270. The summed E-state index contributed by atoms with van der Waals surface area (Å²) in [6, 6.07) is 12.0. The van der Waals surface area contributed by atoms with E-state index in [1.165, 1.54) is 6.07 Å². The Bertz CT molecular complexity index is 987. The van der Waals surface area contributed by atoms with Gasteiger partial charge in [-0.25, -0.2) is 4.98 Å². The van der Waals surface area contributed by atoms with Gasteiger partial charge >= 0.3 is 0 Å². The number of rotatable bonds is 7. The highest BCUT2D eigenvalue weighted by molar-refractivity contribution is 6.11. The Balaban J connectivity index is 2.16. The Hall–Kier alpha value is -2.85. The minimum atomic E-state index is -2.86. The van der Waals surface area contributed by atoms with Crippen molar-refractivity contribution in [2.24, 2.45) is 0 Å². The number of aromatic nitrogens is 1. The Labute approximate surface area is 154 Å². The van der Waals surface area contributed by atoms with Crippen LogP contribution in [0.1, 0.15) is 13.3 Å². The summed E-state index contributed by atoms with van der Waals surface area (Å²) in [4.78, 5) is 15.6. The maximum atomic E-state index is 11.6. The number of anilines is 1. The molecule has 0 radical (unpaired) electrons. The van der Waals surface area contributed by atoms with Crippen LogP contribution in [0.4, 0.5) is 11.4 Å². The van der Waals surface area contributed by atoms with Gasteiger partial charge in [0.1, 0.15) is 5.39 Å². The number of hydrogen-bond acceptors (Lipinski definition) is 8. The lowest BCUT2D eigenvalue weighted by atomic mass is 10.1. The van der Waals surface area contributed by atoms with Crippen molar-refractivity contribution >= 4 is 33.2 Å². The molecule has 0 amide bonds. The lowest BCUT2D eigenvalue weighted by Gasteiger charge is -2.24. The van der Waals surface area contributed by atoms with Gasteiger partial charge in [-0.3, -0.25) is 15.4 Å². The molecule has 0 saturated carbocycles. The number of nitro groups is 1. The van der Waals surface area contributed by atoms with E-state index in [1.54, 1.807) is 12.1 Å². The lowest BCUT2D eigenvalue weighted by Crippen LogP contribution is -2.46. The number of aliphatic hydroxyl groups is 3. The van der Waals surface area contributed by atoms with E-state index in [1.807, 2.05) is 31.2 Å². The van der Waals surface area contributed by atoms with E-state index in [4.69, 9.17) is 15.3 Å². The normalized spacial score (nSPS) is 13.0. The second kappa shape index (κ2) is 7.41. The van der Waals surface area contributed by atoms with Crippen LogP contribution in [-0.4, -0.2) is 43.9 Å². The highest BCUT2D eigenvalue weighted by Crippen LogP contribution is 2.36. The first-order chi connectivity index (χ1) is 12.8. The summed E-state index contributed by atoms with van der Waals surface area (Å²) in [5, 5.41) is 45.9. The van der Waals surface area contributed by atoms with Crippen molar-refractivity contribution in [2.45, 2.75) is 25.5 Å². The zero-order valence-corrected chi connectivity index (χ0v) is 14.6. The van der Waals surface area contributed by atoms with Crippen LogP contribution in [-0.2, 0) is 0 Å². The van der Waals surface area contributed by atoms with E-state index in [9.17, 15) is 10.1 Å². The van der Waals surface area contributed by atoms with E-state index >= 15 is 0 Å². The van der Waals surface area contributed by atoms with Crippen molar-refractivity contribution in [2.75, 3.05) is 11.9 Å². The molecule has 0 bridgehead atoms. The fourth-order valence-electron chi connectivity index (χ4n) is 2.96. The van der Waals surface area contributed by atoms with E-state index in [0.29, 0.717) is 33.9 Å². The van der Waals surface area contributed by atoms with Crippen LogP contribution in [0.25, 0.3) is 21.8 Å². The summed E-state index contributed by atoms with van der Waals surface area (Å²) >= 11 is 0. The molecule has 1 unspecified atom stereocenters. The number of non-ortho nitro benzene ring substituents is 1. The molecule has 0 saturated heterocycles. The van der Waals surface area contributed by atoms with Gasteiger partial charge in [-0.15, -0.1) is 0 Å². The Morgan fingerprint density at radius 3 is 2.52 bits per heavy atom. The van der Waals surface area contributed by atoms with E-state index in [2.05, 4.69) is 15.6 Å². The summed E-state index contributed by atoms with van der Waals surface area (Å²) in [5.41, 5.74) is 1.58. The minimum Gasteiger partial charge on any atom is -0.369 e. The first-order valence-corrected chi connectivity index (χ1v) is 8.43. The molecule has 9 nitrogen and oxygen atoms in total. The fraction of sp³-hybridized carbons (Fsp3) is 0.278. The molecule has 0 aliphatic heterocycles. The van der Waals surface area contributed by atoms with Gasteiger partial charge in [-0.2, -0.15) is 0 Å². The largest absolute Gasteiger partial charge is 0.369 e. The highest BCUT2D eigenvalue weighted by atomic mass is 16.7. The molecule has 5 N–H and O–H groups in total. The predicted octanol–water partition coefficient (Wildman–Crippen LogP) is 1.66. The van der Waals surface area contributed by atoms with Gasteiger partial charge in [0, 0.05) is 11.5 Å². The lowest BCUT2D eigenvalue weighted by molar-refractivity contribution is -0.383. The van der Waals surface area contributed by atoms with Gasteiger partial charge in [0.25, 0.3) is 11.7 Å². The molecular formula is C18H20N4O5. The van der Waals surface area contributed by atoms with E-state index < -0.39 is 23.6 Å². The third-order valence-electron chi connectivity index (χ3n) is 4.19. The standard InChI is InChI=1S/C18H20N4O5/c1-2-15(19-10-18(23,24)25)21-17-11-6-3-4-7-12(11)20-13-8-5-9-14(16(13)17)22(26)27/h3-9,15,19,23-25H,2,10H2,1H3,(H,20,21). The van der Waals surface area contributed by atoms with Gasteiger partial charge in [0.15, 0.2) is 0 Å². The minimum absolute atomic E-state index is 0.0797. The monoisotopic (exact) mass is 372 g/mol. The fourth-order valence-corrected chi connectivity index (χ4v) is 2.96. The molecular weight excluding hydrogens is 352 g/mol. The zero-order chi connectivity index (χ0) is 19.6. The van der Waals surface area contributed by atoms with Gasteiger partial charge in [-0.05, 0) is 18.6 Å². The third kappa shape index (κ3) is 4.12. The SMILES string of the molecule is CCC(NCC(O)(O)O)Nc1c2ccccc2nc2cccc([N+](=O)[O-])c12. The van der Waals surface area contributed by atoms with E-state index in [-0.39, 0.29) is 5.69 Å². The van der Waals surface area contributed by atoms with Crippen molar-refractivity contribution in [3.05, 3.63) is 52.6 Å². The van der Waals surface area contributed by atoms with Crippen LogP contribution in [0, 0.1) is 10.1 Å². The average Bonchev–Trinajstić information content (AvgIpc) is 2.62. The van der Waals surface area contributed by atoms with Gasteiger partial charge in [0.2, 0.25) is 0 Å². The maximum Gasteiger partial charge on any atom is 0.288 e. The molecule has 27 heavy (non-hydrogen) atoms. The molecule has 1 atom stereocenters. The van der Waals surface area contributed by atoms with E-state index in [0.717, 1.165) is 0 Å². The number of benzene rings is 2. The second-order valence-corrected chi connectivity index (χ2v) is 6.19. The summed E-state index contributed by atoms with van der Waals surface area (Å²) in [5.74, 6) is -2.86. The molecule has 1 heterocycles. The van der Waals surface area contributed by atoms with Gasteiger partial charge < -0.3 is 20.6 Å². The number of hydrogen-bond donors (Lipinski definition) is 5. The first kappa shape index (κ1) is 18.9. The smallest absolute Gasteiger partial charge is 0.288 e. The van der Waals surface area contributed by atoms with Crippen molar-refractivity contribution in [1.29, 1.82) is 0 Å². The quantitative estimate of drug-likeness (QED) is 0.182. The van der Waals surface area contributed by atoms with Crippen molar-refractivity contribution in [1.82, 2.24) is 10.3 Å². The number of para-hydroxylation sites is 1. The molecule has 3 aromatic rings. The molecule has 1 aromatic heterocycles. The molecule has 0 aliphatic rings. The highest BCUT2D eigenvalue weighted by Gasteiger charge is 2.23. The van der Waals surface area contributed by atoms with Crippen LogP contribution < -0.4 is 10.6 Å².